The number of aryl methyl sites for hydroxylation is 1. The maximum Gasteiger partial charge on any atom is 0.174 e. The molecule has 4 nitrogen and oxygen atoms in total. The monoisotopic (exact) mass is 410 g/mol. The molecule has 30 heavy (non-hydrogen) atoms. The maximum atomic E-state index is 5.82. The molecule has 2 aromatic carbocycles. The van der Waals surface area contributed by atoms with Crippen molar-refractivity contribution in [2.75, 3.05) is 4.90 Å². The highest BCUT2D eigenvalue weighted by molar-refractivity contribution is 7.80. The number of aromatic nitrogens is 2. The van der Waals surface area contributed by atoms with Crippen LogP contribution in [0.25, 0.3) is 5.69 Å². The van der Waals surface area contributed by atoms with Crippen molar-refractivity contribution >= 4 is 23.0 Å². The number of pyridine rings is 1. The van der Waals surface area contributed by atoms with Crippen LogP contribution in [0.15, 0.2) is 97.2 Å². The predicted octanol–water partition coefficient (Wildman–Crippen LogP) is 5.36. The highest BCUT2D eigenvalue weighted by atomic mass is 32.1. The number of thiocarbonyl (C=S) groups is 1. The van der Waals surface area contributed by atoms with Gasteiger partial charge < -0.3 is 14.8 Å². The van der Waals surface area contributed by atoms with Crippen molar-refractivity contribution in [2.24, 2.45) is 0 Å². The van der Waals surface area contributed by atoms with Gasteiger partial charge in [0.05, 0.1) is 11.7 Å². The van der Waals surface area contributed by atoms with Crippen LogP contribution in [-0.4, -0.2) is 14.7 Å². The van der Waals surface area contributed by atoms with Gasteiger partial charge in [-0.2, -0.15) is 0 Å². The molecule has 1 N–H and O–H groups in total. The number of benzene rings is 2. The van der Waals surface area contributed by atoms with Gasteiger partial charge in [0.25, 0.3) is 0 Å². The minimum Gasteiger partial charge on any atom is -0.351 e. The molecule has 2 atom stereocenters. The van der Waals surface area contributed by atoms with Gasteiger partial charge in [0.1, 0.15) is 6.04 Å². The molecular formula is C25H22N4S. The smallest absolute Gasteiger partial charge is 0.174 e. The third kappa shape index (κ3) is 3.17. The van der Waals surface area contributed by atoms with Crippen molar-refractivity contribution in [3.63, 3.8) is 0 Å². The summed E-state index contributed by atoms with van der Waals surface area (Å²) in [6, 6.07) is 31.1. The largest absolute Gasteiger partial charge is 0.351 e. The van der Waals surface area contributed by atoms with Crippen molar-refractivity contribution in [2.45, 2.75) is 19.0 Å². The van der Waals surface area contributed by atoms with E-state index in [2.05, 4.69) is 81.3 Å². The minimum absolute atomic E-state index is 0.0382. The zero-order valence-electron chi connectivity index (χ0n) is 16.6. The van der Waals surface area contributed by atoms with E-state index in [4.69, 9.17) is 12.2 Å². The lowest BCUT2D eigenvalue weighted by Gasteiger charge is -2.29. The molecule has 0 bridgehead atoms. The predicted molar refractivity (Wildman–Crippen MR) is 125 cm³/mol. The molecule has 0 amide bonds. The average Bonchev–Trinajstić information content (AvgIpc) is 3.35. The second kappa shape index (κ2) is 7.76. The van der Waals surface area contributed by atoms with Gasteiger partial charge >= 0.3 is 0 Å². The third-order valence-electron chi connectivity index (χ3n) is 5.56. The van der Waals surface area contributed by atoms with Gasteiger partial charge in [0.15, 0.2) is 5.11 Å². The summed E-state index contributed by atoms with van der Waals surface area (Å²) >= 11 is 5.82. The Hall–Kier alpha value is -3.44. The van der Waals surface area contributed by atoms with Crippen LogP contribution in [0.1, 0.15) is 29.2 Å². The molecule has 1 fully saturated rings. The summed E-state index contributed by atoms with van der Waals surface area (Å²) in [4.78, 5) is 6.86. The molecule has 0 aliphatic carbocycles. The summed E-state index contributed by atoms with van der Waals surface area (Å²) in [6.07, 6.45) is 1.84. The van der Waals surface area contributed by atoms with E-state index in [9.17, 15) is 0 Å². The second-order valence-electron chi connectivity index (χ2n) is 7.40. The zero-order chi connectivity index (χ0) is 20.5. The number of hydrogen-bond donors (Lipinski definition) is 1. The normalized spacial score (nSPS) is 18.4. The van der Waals surface area contributed by atoms with E-state index in [1.165, 1.54) is 11.4 Å². The van der Waals surface area contributed by atoms with Gasteiger partial charge in [0.2, 0.25) is 0 Å². The van der Waals surface area contributed by atoms with E-state index in [-0.39, 0.29) is 12.1 Å². The number of anilines is 1. The fourth-order valence-electron chi connectivity index (χ4n) is 4.24. The van der Waals surface area contributed by atoms with Gasteiger partial charge in [-0.1, -0.05) is 42.5 Å². The van der Waals surface area contributed by atoms with Crippen molar-refractivity contribution in [1.82, 2.24) is 14.9 Å². The summed E-state index contributed by atoms with van der Waals surface area (Å²) in [7, 11) is 0. The van der Waals surface area contributed by atoms with Gasteiger partial charge in [-0.05, 0) is 67.7 Å². The molecule has 5 heteroatoms. The molecule has 0 radical (unpaired) electrons. The van der Waals surface area contributed by atoms with Crippen LogP contribution in [0.4, 0.5) is 5.69 Å². The van der Waals surface area contributed by atoms with Gasteiger partial charge in [0, 0.05) is 29.0 Å². The Bertz CT molecular complexity index is 1160. The molecule has 1 aliphatic rings. The first-order valence-electron chi connectivity index (χ1n) is 10.0. The van der Waals surface area contributed by atoms with Crippen LogP contribution >= 0.6 is 12.2 Å². The molecule has 5 rings (SSSR count). The van der Waals surface area contributed by atoms with Crippen LogP contribution in [0.2, 0.25) is 0 Å². The molecule has 3 heterocycles. The first-order valence-corrected chi connectivity index (χ1v) is 10.4. The fraction of sp³-hybridized carbons (Fsp3) is 0.120. The zero-order valence-corrected chi connectivity index (χ0v) is 17.5. The average molecular weight is 411 g/mol. The standard InChI is InChI=1S/C25H22N4S/c1-18-15-16-22(28(18)19-10-4-2-5-11-19)24-23(21-14-8-9-17-26-21)27-25(30)29(24)20-12-6-3-7-13-20/h2-17,23-24H,1H3,(H,27,30). The van der Waals surface area contributed by atoms with E-state index in [0.717, 1.165) is 17.1 Å². The lowest BCUT2D eigenvalue weighted by molar-refractivity contribution is 0.548. The van der Waals surface area contributed by atoms with Crippen LogP contribution in [0.5, 0.6) is 0 Å². The van der Waals surface area contributed by atoms with Gasteiger partial charge in [-0.3, -0.25) is 4.98 Å². The summed E-state index contributed by atoms with van der Waals surface area (Å²) in [5, 5.41) is 4.25. The molecular weight excluding hydrogens is 388 g/mol. The Balaban J connectivity index is 1.70. The van der Waals surface area contributed by atoms with E-state index in [1.54, 1.807) is 0 Å². The summed E-state index contributed by atoms with van der Waals surface area (Å²) in [6.45, 7) is 2.14. The van der Waals surface area contributed by atoms with E-state index >= 15 is 0 Å². The SMILES string of the molecule is Cc1ccc(C2C(c3ccccn3)NC(=S)N2c2ccccc2)n1-c1ccccc1. The van der Waals surface area contributed by atoms with Crippen LogP contribution in [-0.2, 0) is 0 Å². The van der Waals surface area contributed by atoms with E-state index < -0.39 is 0 Å². The Morgan fingerprint density at radius 1 is 0.800 bits per heavy atom. The van der Waals surface area contributed by atoms with Crippen molar-refractivity contribution < 1.29 is 0 Å². The third-order valence-corrected chi connectivity index (χ3v) is 5.87. The number of rotatable bonds is 4. The fourth-order valence-corrected chi connectivity index (χ4v) is 4.59. The van der Waals surface area contributed by atoms with Crippen molar-refractivity contribution in [1.29, 1.82) is 0 Å². The minimum atomic E-state index is -0.0596. The second-order valence-corrected chi connectivity index (χ2v) is 7.79. The molecule has 4 aromatic rings. The molecule has 2 unspecified atom stereocenters. The Morgan fingerprint density at radius 3 is 2.13 bits per heavy atom. The van der Waals surface area contributed by atoms with Crippen LogP contribution < -0.4 is 10.2 Å². The van der Waals surface area contributed by atoms with E-state index in [0.29, 0.717) is 5.11 Å². The van der Waals surface area contributed by atoms with Gasteiger partial charge in [-0.15, -0.1) is 0 Å². The molecule has 1 saturated heterocycles. The highest BCUT2D eigenvalue weighted by Gasteiger charge is 2.42. The summed E-state index contributed by atoms with van der Waals surface area (Å²) in [5.41, 5.74) is 5.53. The van der Waals surface area contributed by atoms with Crippen LogP contribution in [0.3, 0.4) is 0 Å². The topological polar surface area (TPSA) is 33.1 Å². The molecule has 2 aromatic heterocycles. The molecule has 0 saturated carbocycles. The number of nitrogens with zero attached hydrogens (tertiary/aromatic N) is 3. The van der Waals surface area contributed by atoms with E-state index in [1.807, 2.05) is 42.6 Å². The van der Waals surface area contributed by atoms with Crippen molar-refractivity contribution in [3.05, 3.63) is 114 Å². The van der Waals surface area contributed by atoms with Crippen LogP contribution in [0, 0.1) is 6.92 Å². The Morgan fingerprint density at radius 2 is 1.47 bits per heavy atom. The lowest BCUT2D eigenvalue weighted by atomic mass is 10.0. The van der Waals surface area contributed by atoms with Gasteiger partial charge in [-0.25, -0.2) is 0 Å². The maximum absolute atomic E-state index is 5.82. The quantitative estimate of drug-likeness (QED) is 0.459. The first-order chi connectivity index (χ1) is 14.7. The summed E-state index contributed by atoms with van der Waals surface area (Å²) < 4.78 is 2.31. The number of nitrogens with one attached hydrogen (secondary N) is 1. The summed E-state index contributed by atoms with van der Waals surface area (Å²) in [5.74, 6) is 0. The Kier molecular flexibility index (Phi) is 4.81. The Labute approximate surface area is 181 Å². The highest BCUT2D eigenvalue weighted by Crippen LogP contribution is 2.42. The molecule has 1 aliphatic heterocycles. The molecule has 148 valence electrons. The van der Waals surface area contributed by atoms with Crippen molar-refractivity contribution in [3.8, 4) is 5.69 Å². The first kappa shape index (κ1) is 18.6. The molecule has 0 spiro atoms. The lowest BCUT2D eigenvalue weighted by Crippen LogP contribution is -2.30. The number of hydrogen-bond acceptors (Lipinski definition) is 2. The number of para-hydroxylation sites is 2.